The molecule has 136 valence electrons. The summed E-state index contributed by atoms with van der Waals surface area (Å²) >= 11 is 6.99. The number of ketones is 1. The zero-order chi connectivity index (χ0) is 19.5. The Hall–Kier alpha value is -2.63. The maximum atomic E-state index is 13.5. The van der Waals surface area contributed by atoms with Crippen LogP contribution in [0.3, 0.4) is 0 Å². The van der Waals surface area contributed by atoms with Crippen LogP contribution in [0.2, 0.25) is 0 Å². The fourth-order valence-electron chi connectivity index (χ4n) is 3.06. The Balaban J connectivity index is 1.85. The zero-order valence-corrected chi connectivity index (χ0v) is 17.8. The second-order valence-electron chi connectivity index (χ2n) is 6.15. The summed E-state index contributed by atoms with van der Waals surface area (Å²) in [5, 5.41) is 0. The van der Waals surface area contributed by atoms with Crippen molar-refractivity contribution in [2.24, 2.45) is 0 Å². The van der Waals surface area contributed by atoms with Crippen LogP contribution >= 0.6 is 31.9 Å². The van der Waals surface area contributed by atoms with E-state index in [1.165, 1.54) is 0 Å². The zero-order valence-electron chi connectivity index (χ0n) is 14.6. The van der Waals surface area contributed by atoms with Gasteiger partial charge in [0.15, 0.2) is 0 Å². The maximum absolute atomic E-state index is 13.5. The van der Waals surface area contributed by atoms with Crippen molar-refractivity contribution in [1.82, 2.24) is 9.97 Å². The second-order valence-corrected chi connectivity index (χ2v) is 7.98. The molecule has 3 nitrogen and oxygen atoms in total. The van der Waals surface area contributed by atoms with E-state index in [0.29, 0.717) is 11.4 Å². The highest BCUT2D eigenvalue weighted by Gasteiger charge is 2.21. The van der Waals surface area contributed by atoms with E-state index in [1.807, 2.05) is 72.8 Å². The van der Waals surface area contributed by atoms with Crippen LogP contribution in [0.15, 0.2) is 94.1 Å². The number of benzene rings is 2. The molecule has 2 heterocycles. The Morgan fingerprint density at radius 1 is 0.643 bits per heavy atom. The molecule has 0 bridgehead atoms. The van der Waals surface area contributed by atoms with Crippen molar-refractivity contribution in [1.29, 1.82) is 0 Å². The predicted octanol–water partition coefficient (Wildman–Crippen LogP) is 6.57. The maximum Gasteiger partial charge on any atom is 0.230 e. The van der Waals surface area contributed by atoms with Crippen molar-refractivity contribution in [2.75, 3.05) is 0 Å². The smallest absolute Gasteiger partial charge is 0.230 e. The molecule has 5 heteroatoms. The summed E-state index contributed by atoms with van der Waals surface area (Å²) in [6.45, 7) is 0. The van der Waals surface area contributed by atoms with Crippen molar-refractivity contribution < 1.29 is 4.79 Å². The molecule has 0 atom stereocenters. The van der Waals surface area contributed by atoms with E-state index in [-0.39, 0.29) is 5.78 Å². The van der Waals surface area contributed by atoms with Crippen LogP contribution in [-0.2, 0) is 0 Å². The molecule has 0 unspecified atom stereocenters. The van der Waals surface area contributed by atoms with E-state index in [4.69, 9.17) is 0 Å². The fraction of sp³-hybridized carbons (Fsp3) is 0. The average molecular weight is 494 g/mol. The molecule has 0 saturated heterocycles. The molecule has 0 aliphatic heterocycles. The normalized spacial score (nSPS) is 10.6. The Kier molecular flexibility index (Phi) is 5.46. The van der Waals surface area contributed by atoms with Gasteiger partial charge < -0.3 is 0 Å². The molecule has 0 aliphatic rings. The number of carbonyl (C=O) groups excluding carboxylic acids is 1. The molecule has 0 aliphatic carbocycles. The minimum atomic E-state index is -0.203. The monoisotopic (exact) mass is 492 g/mol. The third kappa shape index (κ3) is 3.81. The number of nitrogens with zero attached hydrogens (tertiary/aromatic N) is 2. The van der Waals surface area contributed by atoms with Gasteiger partial charge in [0.25, 0.3) is 0 Å². The number of aromatic nitrogens is 2. The SMILES string of the molecule is O=C(c1ncccc1-c1cccc(Br)c1)c1ncccc1-c1cccc(Br)c1. The van der Waals surface area contributed by atoms with E-state index in [0.717, 1.165) is 31.2 Å². The number of rotatable bonds is 4. The quantitative estimate of drug-likeness (QED) is 0.302. The van der Waals surface area contributed by atoms with Gasteiger partial charge >= 0.3 is 0 Å². The molecular formula is C23H14Br2N2O. The highest BCUT2D eigenvalue weighted by atomic mass is 79.9. The van der Waals surface area contributed by atoms with E-state index in [1.54, 1.807) is 12.4 Å². The van der Waals surface area contributed by atoms with Gasteiger partial charge in [0.05, 0.1) is 0 Å². The minimum absolute atomic E-state index is 0.203. The summed E-state index contributed by atoms with van der Waals surface area (Å²) in [5.74, 6) is -0.203. The number of hydrogen-bond donors (Lipinski definition) is 0. The number of halogens is 2. The van der Waals surface area contributed by atoms with Gasteiger partial charge in [-0.15, -0.1) is 0 Å². The Labute approximate surface area is 179 Å². The van der Waals surface area contributed by atoms with E-state index in [9.17, 15) is 4.79 Å². The molecular weight excluding hydrogens is 480 g/mol. The van der Waals surface area contributed by atoms with Gasteiger partial charge in [-0.3, -0.25) is 14.8 Å². The third-order valence-corrected chi connectivity index (χ3v) is 5.30. The molecule has 28 heavy (non-hydrogen) atoms. The van der Waals surface area contributed by atoms with E-state index >= 15 is 0 Å². The highest BCUT2D eigenvalue weighted by Crippen LogP contribution is 2.30. The Morgan fingerprint density at radius 2 is 1.11 bits per heavy atom. The fourth-order valence-corrected chi connectivity index (χ4v) is 3.86. The first-order valence-corrected chi connectivity index (χ1v) is 10.2. The van der Waals surface area contributed by atoms with Gasteiger partial charge in [-0.2, -0.15) is 0 Å². The van der Waals surface area contributed by atoms with Crippen molar-refractivity contribution in [3.63, 3.8) is 0 Å². The van der Waals surface area contributed by atoms with E-state index in [2.05, 4.69) is 41.8 Å². The largest absolute Gasteiger partial charge is 0.285 e. The molecule has 0 amide bonds. The topological polar surface area (TPSA) is 42.9 Å². The second kappa shape index (κ2) is 8.17. The third-order valence-electron chi connectivity index (χ3n) is 4.32. The van der Waals surface area contributed by atoms with Crippen LogP contribution in [-0.4, -0.2) is 15.8 Å². The van der Waals surface area contributed by atoms with Crippen LogP contribution in [0, 0.1) is 0 Å². The van der Waals surface area contributed by atoms with Gasteiger partial charge in [0.2, 0.25) is 5.78 Å². The van der Waals surface area contributed by atoms with Crippen molar-refractivity contribution in [3.8, 4) is 22.3 Å². The van der Waals surface area contributed by atoms with Crippen LogP contribution < -0.4 is 0 Å². The lowest BCUT2D eigenvalue weighted by Crippen LogP contribution is -2.10. The lowest BCUT2D eigenvalue weighted by atomic mass is 9.96. The van der Waals surface area contributed by atoms with Gasteiger partial charge in [-0.1, -0.05) is 68.3 Å². The molecule has 0 spiro atoms. The molecule has 2 aromatic heterocycles. The number of pyridine rings is 2. The Morgan fingerprint density at radius 3 is 1.54 bits per heavy atom. The van der Waals surface area contributed by atoms with E-state index < -0.39 is 0 Å². The standard InChI is InChI=1S/C23H14Br2N2O/c24-17-7-1-5-15(13-17)19-9-3-11-26-21(19)23(28)22-20(10-4-12-27-22)16-6-2-8-18(25)14-16/h1-14H. The first kappa shape index (κ1) is 18.7. The van der Waals surface area contributed by atoms with Crippen LogP contribution in [0.1, 0.15) is 16.2 Å². The summed E-state index contributed by atoms with van der Waals surface area (Å²) < 4.78 is 1.89. The molecule has 0 N–H and O–H groups in total. The van der Waals surface area contributed by atoms with Crippen LogP contribution in [0.5, 0.6) is 0 Å². The number of carbonyl (C=O) groups is 1. The summed E-state index contributed by atoms with van der Waals surface area (Å²) in [6, 6.07) is 23.1. The summed E-state index contributed by atoms with van der Waals surface area (Å²) in [6.07, 6.45) is 3.27. The van der Waals surface area contributed by atoms with Crippen LogP contribution in [0.25, 0.3) is 22.3 Å². The molecule has 2 aromatic carbocycles. The van der Waals surface area contributed by atoms with Crippen LogP contribution in [0.4, 0.5) is 0 Å². The van der Waals surface area contributed by atoms with Gasteiger partial charge in [-0.25, -0.2) is 0 Å². The molecule has 0 fully saturated rings. The summed E-state index contributed by atoms with van der Waals surface area (Å²) in [4.78, 5) is 22.3. The van der Waals surface area contributed by atoms with Crippen molar-refractivity contribution in [2.45, 2.75) is 0 Å². The Bertz CT molecular complexity index is 1080. The highest BCUT2D eigenvalue weighted by molar-refractivity contribution is 9.10. The van der Waals surface area contributed by atoms with Gasteiger partial charge in [0.1, 0.15) is 11.4 Å². The lowest BCUT2D eigenvalue weighted by molar-refractivity contribution is 0.103. The van der Waals surface area contributed by atoms with Crippen molar-refractivity contribution >= 4 is 37.6 Å². The van der Waals surface area contributed by atoms with Crippen molar-refractivity contribution in [3.05, 3.63) is 106 Å². The molecule has 0 saturated carbocycles. The number of hydrogen-bond acceptors (Lipinski definition) is 3. The first-order chi connectivity index (χ1) is 13.6. The predicted molar refractivity (Wildman–Crippen MR) is 118 cm³/mol. The molecule has 4 rings (SSSR count). The average Bonchev–Trinajstić information content (AvgIpc) is 2.73. The minimum Gasteiger partial charge on any atom is -0.285 e. The summed E-state index contributed by atoms with van der Waals surface area (Å²) in [7, 11) is 0. The molecule has 0 radical (unpaired) electrons. The summed E-state index contributed by atoms with van der Waals surface area (Å²) in [5.41, 5.74) is 4.17. The van der Waals surface area contributed by atoms with Gasteiger partial charge in [0, 0.05) is 32.5 Å². The first-order valence-electron chi connectivity index (χ1n) is 8.60. The molecule has 4 aromatic rings. The lowest BCUT2D eigenvalue weighted by Gasteiger charge is -2.11. The van der Waals surface area contributed by atoms with Gasteiger partial charge in [-0.05, 0) is 47.5 Å².